The highest BCUT2D eigenvalue weighted by molar-refractivity contribution is 6.17. The Morgan fingerprint density at radius 1 is 1.10 bits per heavy atom. The molecule has 0 atom stereocenters. The van der Waals surface area contributed by atoms with Crippen LogP contribution >= 0.6 is 0 Å². The largest absolute Gasteiger partial charge is 0.385 e. The third kappa shape index (κ3) is 3.71. The second kappa shape index (κ2) is 7.29. The van der Waals surface area contributed by atoms with E-state index < -0.39 is 5.60 Å². The highest BCUT2D eigenvalue weighted by atomic mass is 16.5. The molecule has 0 spiro atoms. The van der Waals surface area contributed by atoms with Crippen molar-refractivity contribution in [3.63, 3.8) is 0 Å². The van der Waals surface area contributed by atoms with Crippen LogP contribution in [0.15, 0.2) is 58.0 Å². The summed E-state index contributed by atoms with van der Waals surface area (Å²) in [6.45, 7) is 3.75. The summed E-state index contributed by atoms with van der Waals surface area (Å²) in [6, 6.07) is 16.4. The van der Waals surface area contributed by atoms with Crippen molar-refractivity contribution in [2.24, 2.45) is 10.7 Å². The van der Waals surface area contributed by atoms with Crippen LogP contribution in [-0.2, 0) is 16.9 Å². The lowest BCUT2D eigenvalue weighted by Crippen LogP contribution is -2.07. The molecule has 29 heavy (non-hydrogen) atoms. The molecule has 0 unspecified atom stereocenters. The average Bonchev–Trinajstić information content (AvgIpc) is 3.38. The van der Waals surface area contributed by atoms with Crippen LogP contribution in [0.1, 0.15) is 47.9 Å². The number of amides is 1. The summed E-state index contributed by atoms with van der Waals surface area (Å²) < 4.78 is 5.49. The van der Waals surface area contributed by atoms with Gasteiger partial charge < -0.3 is 15.4 Å². The fraction of sp³-hybridized carbons (Fsp3) is 0.261. The number of aryl methyl sites for hydroxylation is 1. The van der Waals surface area contributed by atoms with Crippen molar-refractivity contribution in [1.82, 2.24) is 5.16 Å². The summed E-state index contributed by atoms with van der Waals surface area (Å²) in [5.41, 5.74) is 11.0. The molecule has 0 saturated heterocycles. The lowest BCUT2D eigenvalue weighted by atomic mass is 9.92. The molecule has 1 aromatic heterocycles. The quantitative estimate of drug-likeness (QED) is 0.700. The van der Waals surface area contributed by atoms with Crippen LogP contribution in [0.2, 0.25) is 0 Å². The molecule has 6 nitrogen and oxygen atoms in total. The standard InChI is InChI=1S/C21H18N2O2.C2H5NO/c1-13-19-16-4-2-3-5-17(16)20(22-12-18(19)25-23-13)14-6-8-15(9-7-14)21(24)10-11-21;1-2(3)4/h2-9,24H,10-12H2,1H3;1H3,(H2,3,4). The Morgan fingerprint density at radius 2 is 1.72 bits per heavy atom. The number of primary amides is 1. The van der Waals surface area contributed by atoms with E-state index in [0.29, 0.717) is 6.54 Å². The van der Waals surface area contributed by atoms with E-state index in [0.717, 1.165) is 57.8 Å². The zero-order chi connectivity index (χ0) is 20.6. The third-order valence-electron chi connectivity index (χ3n) is 5.19. The average molecular weight is 389 g/mol. The minimum atomic E-state index is -0.605. The van der Waals surface area contributed by atoms with Gasteiger partial charge >= 0.3 is 0 Å². The van der Waals surface area contributed by atoms with Crippen molar-refractivity contribution >= 4 is 11.6 Å². The van der Waals surface area contributed by atoms with E-state index in [1.807, 2.05) is 31.2 Å². The highest BCUT2D eigenvalue weighted by Gasteiger charge is 2.41. The maximum Gasteiger partial charge on any atom is 0.214 e. The van der Waals surface area contributed by atoms with Crippen molar-refractivity contribution in [3.05, 3.63) is 76.7 Å². The monoisotopic (exact) mass is 389 g/mol. The summed E-state index contributed by atoms with van der Waals surface area (Å²) in [7, 11) is 0. The Hall–Kier alpha value is -3.25. The molecule has 3 aromatic rings. The Bertz CT molecular complexity index is 1090. The van der Waals surface area contributed by atoms with Crippen molar-refractivity contribution < 1.29 is 14.4 Å². The smallest absolute Gasteiger partial charge is 0.214 e. The second-order valence-electron chi connectivity index (χ2n) is 7.50. The summed E-state index contributed by atoms with van der Waals surface area (Å²) >= 11 is 0. The van der Waals surface area contributed by atoms with Gasteiger partial charge in [0.1, 0.15) is 6.54 Å². The molecule has 1 amide bonds. The fourth-order valence-electron chi connectivity index (χ4n) is 3.61. The van der Waals surface area contributed by atoms with Crippen molar-refractivity contribution in [2.75, 3.05) is 0 Å². The Balaban J connectivity index is 0.000000472. The molecular formula is C23H23N3O3. The molecule has 148 valence electrons. The van der Waals surface area contributed by atoms with Gasteiger partial charge in [0, 0.05) is 18.1 Å². The molecule has 5 rings (SSSR count). The van der Waals surface area contributed by atoms with Gasteiger partial charge in [-0.2, -0.15) is 0 Å². The van der Waals surface area contributed by atoms with E-state index in [1.54, 1.807) is 0 Å². The highest BCUT2D eigenvalue weighted by Crippen LogP contribution is 2.45. The molecule has 2 aliphatic rings. The minimum Gasteiger partial charge on any atom is -0.385 e. The van der Waals surface area contributed by atoms with Gasteiger partial charge in [-0.25, -0.2) is 0 Å². The molecule has 2 aromatic carbocycles. The number of hydrogen-bond acceptors (Lipinski definition) is 5. The zero-order valence-electron chi connectivity index (χ0n) is 16.5. The lowest BCUT2D eigenvalue weighted by Gasteiger charge is -2.12. The molecule has 1 aliphatic carbocycles. The van der Waals surface area contributed by atoms with Gasteiger partial charge in [-0.15, -0.1) is 0 Å². The van der Waals surface area contributed by atoms with Crippen molar-refractivity contribution in [2.45, 2.75) is 38.8 Å². The SMILES string of the molecule is CC(N)=O.Cc1noc2c1-c1ccccc1C(c1ccc(C3(O)CC3)cc1)=NC2. The second-order valence-corrected chi connectivity index (χ2v) is 7.50. The van der Waals surface area contributed by atoms with Gasteiger partial charge in [-0.3, -0.25) is 9.79 Å². The van der Waals surface area contributed by atoms with Crippen LogP contribution in [0.5, 0.6) is 0 Å². The first-order chi connectivity index (χ1) is 13.9. The van der Waals surface area contributed by atoms with Gasteiger partial charge in [0.25, 0.3) is 0 Å². The Morgan fingerprint density at radius 3 is 2.34 bits per heavy atom. The Labute approximate surface area is 169 Å². The van der Waals surface area contributed by atoms with Gasteiger partial charge in [0.05, 0.1) is 22.6 Å². The van der Waals surface area contributed by atoms with Crippen LogP contribution in [0, 0.1) is 6.92 Å². The van der Waals surface area contributed by atoms with Gasteiger partial charge in [0.15, 0.2) is 5.76 Å². The number of aliphatic imine (C=N–C) groups is 1. The van der Waals surface area contributed by atoms with E-state index in [9.17, 15) is 9.90 Å². The van der Waals surface area contributed by atoms with Crippen molar-refractivity contribution in [1.29, 1.82) is 0 Å². The van der Waals surface area contributed by atoms with E-state index in [2.05, 4.69) is 35.2 Å². The topological polar surface area (TPSA) is 102 Å². The summed E-state index contributed by atoms with van der Waals surface area (Å²) in [4.78, 5) is 14.0. The van der Waals surface area contributed by atoms with E-state index in [1.165, 1.54) is 6.92 Å². The number of fused-ring (bicyclic) bond motifs is 3. The number of benzene rings is 2. The zero-order valence-corrected chi connectivity index (χ0v) is 16.5. The van der Waals surface area contributed by atoms with Gasteiger partial charge in [-0.1, -0.05) is 53.7 Å². The molecule has 0 radical (unpaired) electrons. The number of hydrogen-bond donors (Lipinski definition) is 2. The number of nitrogens with zero attached hydrogens (tertiary/aromatic N) is 2. The molecule has 1 fully saturated rings. The van der Waals surface area contributed by atoms with E-state index in [-0.39, 0.29) is 5.91 Å². The predicted molar refractivity (Wildman–Crippen MR) is 110 cm³/mol. The number of rotatable bonds is 2. The van der Waals surface area contributed by atoms with E-state index >= 15 is 0 Å². The van der Waals surface area contributed by atoms with Crippen LogP contribution in [0.4, 0.5) is 0 Å². The van der Waals surface area contributed by atoms with Crippen molar-refractivity contribution in [3.8, 4) is 11.1 Å². The normalized spacial score (nSPS) is 15.8. The fourth-order valence-corrected chi connectivity index (χ4v) is 3.61. The number of aliphatic hydroxyl groups is 1. The number of carbonyl (C=O) groups is 1. The van der Waals surface area contributed by atoms with Crippen LogP contribution in [-0.4, -0.2) is 21.9 Å². The summed E-state index contributed by atoms with van der Waals surface area (Å²) in [5.74, 6) is 0.476. The third-order valence-corrected chi connectivity index (χ3v) is 5.19. The van der Waals surface area contributed by atoms with Crippen LogP contribution in [0.3, 0.4) is 0 Å². The minimum absolute atomic E-state index is 0.333. The maximum absolute atomic E-state index is 10.3. The molecule has 6 heteroatoms. The Kier molecular flexibility index (Phi) is 4.80. The number of nitrogens with two attached hydrogens (primary N) is 1. The molecule has 0 bridgehead atoms. The van der Waals surface area contributed by atoms with Gasteiger partial charge in [-0.05, 0) is 30.9 Å². The molecule has 3 N–H and O–H groups in total. The molecular weight excluding hydrogens is 366 g/mol. The van der Waals surface area contributed by atoms with Gasteiger partial charge in [0.2, 0.25) is 5.91 Å². The number of carbonyl (C=O) groups excluding carboxylic acids is 1. The molecule has 2 heterocycles. The summed E-state index contributed by atoms with van der Waals surface area (Å²) in [5, 5.41) is 14.4. The van der Waals surface area contributed by atoms with Crippen LogP contribution < -0.4 is 5.73 Å². The lowest BCUT2D eigenvalue weighted by molar-refractivity contribution is -0.115. The molecule has 1 aliphatic heterocycles. The maximum atomic E-state index is 10.3. The summed E-state index contributed by atoms with van der Waals surface area (Å²) in [6.07, 6.45) is 1.70. The predicted octanol–water partition coefficient (Wildman–Crippen LogP) is 3.47. The first-order valence-electron chi connectivity index (χ1n) is 9.58. The first-order valence-corrected chi connectivity index (χ1v) is 9.58. The number of aromatic nitrogens is 1. The van der Waals surface area contributed by atoms with E-state index in [4.69, 9.17) is 9.52 Å². The van der Waals surface area contributed by atoms with Crippen LogP contribution in [0.25, 0.3) is 11.1 Å². The molecule has 1 saturated carbocycles. The first kappa shape index (κ1) is 19.1.